The summed E-state index contributed by atoms with van der Waals surface area (Å²) in [6.45, 7) is 7.29. The minimum atomic E-state index is -2.77. The fourth-order valence-corrected chi connectivity index (χ4v) is 12.6. The summed E-state index contributed by atoms with van der Waals surface area (Å²) in [6.07, 6.45) is 0. The number of rotatable bonds is 7. The number of carbonyl (C=O) groups excluding carboxylic acids is 2. The summed E-state index contributed by atoms with van der Waals surface area (Å²) in [5.74, 6) is -0.522. The van der Waals surface area contributed by atoms with E-state index in [0.717, 1.165) is 32.3 Å². The van der Waals surface area contributed by atoms with Crippen molar-refractivity contribution in [2.75, 3.05) is 11.9 Å². The van der Waals surface area contributed by atoms with Crippen molar-refractivity contribution in [3.63, 3.8) is 0 Å². The van der Waals surface area contributed by atoms with Gasteiger partial charge in [-0.15, -0.1) is 0 Å². The van der Waals surface area contributed by atoms with Crippen molar-refractivity contribution < 1.29 is 14.0 Å². The zero-order valence-electron chi connectivity index (χ0n) is 26.5. The molecule has 0 fully saturated rings. The Morgan fingerprint density at radius 2 is 1.30 bits per heavy atom. The maximum atomic E-state index is 13.9. The van der Waals surface area contributed by atoms with Gasteiger partial charge < -0.3 is 9.33 Å². The maximum absolute atomic E-state index is 13.9. The highest BCUT2D eigenvalue weighted by Crippen LogP contribution is 2.49. The third kappa shape index (κ3) is 4.99. The minimum Gasteiger partial charge on any atom is -0.403 e. The first kappa shape index (κ1) is 30.2. The van der Waals surface area contributed by atoms with Gasteiger partial charge in [0, 0.05) is 16.8 Å². The van der Waals surface area contributed by atoms with Crippen molar-refractivity contribution in [3.8, 4) is 0 Å². The van der Waals surface area contributed by atoms with Crippen molar-refractivity contribution in [1.29, 1.82) is 0 Å². The lowest BCUT2D eigenvalue weighted by Gasteiger charge is -2.43. The summed E-state index contributed by atoms with van der Waals surface area (Å²) in [7, 11) is -0.711. The van der Waals surface area contributed by atoms with Crippen molar-refractivity contribution in [3.05, 3.63) is 144 Å². The zero-order valence-corrected chi connectivity index (χ0v) is 28.3. The van der Waals surface area contributed by atoms with E-state index in [1.807, 2.05) is 48.5 Å². The first-order valence-corrected chi connectivity index (χ1v) is 18.3. The summed E-state index contributed by atoms with van der Waals surface area (Å²) in [5.41, 5.74) is 4.92. The number of benzene rings is 5. The molecular weight excluding hydrogens is 605 g/mol. The SMILES string of the molecule is CN1c2ccccc2Sc2c(CN3C(=O)c4ccc(CO[Si](c5ccccc5)(c5ccccc5)C(C)(C)C)cc4C3=O)cccc21. The maximum Gasteiger partial charge on any atom is 0.261 e. The van der Waals surface area contributed by atoms with Gasteiger partial charge in [-0.1, -0.05) is 124 Å². The highest BCUT2D eigenvalue weighted by Gasteiger charge is 2.50. The van der Waals surface area contributed by atoms with Gasteiger partial charge in [0.05, 0.1) is 35.7 Å². The van der Waals surface area contributed by atoms with Gasteiger partial charge in [-0.05, 0) is 56.9 Å². The molecule has 0 radical (unpaired) electrons. The molecule has 7 rings (SSSR count). The highest BCUT2D eigenvalue weighted by atomic mass is 32.2. The number of hydrogen-bond acceptors (Lipinski definition) is 5. The normalized spacial score (nSPS) is 14.3. The molecule has 0 bridgehead atoms. The first-order valence-electron chi connectivity index (χ1n) is 15.6. The molecule has 0 saturated heterocycles. The zero-order chi connectivity index (χ0) is 32.1. The van der Waals surface area contributed by atoms with E-state index in [9.17, 15) is 9.59 Å². The van der Waals surface area contributed by atoms with E-state index in [0.29, 0.717) is 17.7 Å². The largest absolute Gasteiger partial charge is 0.403 e. The van der Waals surface area contributed by atoms with Crippen LogP contribution in [0.15, 0.2) is 131 Å². The van der Waals surface area contributed by atoms with E-state index in [4.69, 9.17) is 4.43 Å². The molecule has 230 valence electrons. The summed E-state index contributed by atoms with van der Waals surface area (Å²) in [5, 5.41) is 2.23. The molecule has 2 amide bonds. The van der Waals surface area contributed by atoms with Crippen LogP contribution in [0.1, 0.15) is 52.6 Å². The first-order chi connectivity index (χ1) is 22.2. The van der Waals surface area contributed by atoms with Gasteiger partial charge in [0.2, 0.25) is 0 Å². The second-order valence-corrected chi connectivity index (χ2v) is 18.3. The van der Waals surface area contributed by atoms with Gasteiger partial charge in [0.1, 0.15) is 0 Å². The Kier molecular flexibility index (Phi) is 7.71. The minimum absolute atomic E-state index is 0.170. The van der Waals surface area contributed by atoms with Gasteiger partial charge >= 0.3 is 0 Å². The molecule has 2 aliphatic rings. The number of anilines is 2. The molecule has 0 saturated carbocycles. The van der Waals surface area contributed by atoms with Crippen molar-refractivity contribution in [1.82, 2.24) is 4.90 Å². The number of amides is 2. The predicted octanol–water partition coefficient (Wildman–Crippen LogP) is 7.79. The molecular formula is C39H36N2O3SSi. The van der Waals surface area contributed by atoms with Gasteiger partial charge in [0.25, 0.3) is 20.1 Å². The van der Waals surface area contributed by atoms with Crippen LogP contribution in [0.2, 0.25) is 5.04 Å². The Labute approximate surface area is 276 Å². The molecule has 5 aromatic rings. The van der Waals surface area contributed by atoms with Crippen LogP contribution in [0.4, 0.5) is 11.4 Å². The van der Waals surface area contributed by atoms with Crippen LogP contribution in [0.3, 0.4) is 0 Å². The standard InChI is InChI=1S/C39H36N2O3SSi/c1-39(2,3)46(29-15-7-5-8-16-29,30-17-9-6-10-18-30)44-26-27-22-23-31-32(24-27)38(43)41(37(31)42)25-28-14-13-20-34-36(28)45-35-21-12-11-19-33(35)40(34)4/h5-24H,25-26H2,1-4H3. The smallest absolute Gasteiger partial charge is 0.261 e. The van der Waals surface area contributed by atoms with Crippen LogP contribution < -0.4 is 15.3 Å². The molecule has 5 nitrogen and oxygen atoms in total. The summed E-state index contributed by atoms with van der Waals surface area (Å²) >= 11 is 1.69. The Morgan fingerprint density at radius 1 is 0.696 bits per heavy atom. The number of para-hydroxylation sites is 1. The lowest BCUT2D eigenvalue weighted by molar-refractivity contribution is 0.0641. The van der Waals surface area contributed by atoms with Crippen molar-refractivity contribution in [2.24, 2.45) is 0 Å². The van der Waals surface area contributed by atoms with Crippen LogP contribution in [0, 0.1) is 0 Å². The Balaban J connectivity index is 1.17. The van der Waals surface area contributed by atoms with Crippen LogP contribution in [-0.2, 0) is 17.6 Å². The van der Waals surface area contributed by atoms with E-state index >= 15 is 0 Å². The Hall–Kier alpha value is -4.43. The lowest BCUT2D eigenvalue weighted by Crippen LogP contribution is -2.66. The van der Waals surface area contributed by atoms with Gasteiger partial charge in [-0.3, -0.25) is 14.5 Å². The number of imide groups is 1. The molecule has 0 aliphatic carbocycles. The Morgan fingerprint density at radius 3 is 1.98 bits per heavy atom. The third-order valence-electron chi connectivity index (χ3n) is 9.11. The summed E-state index contributed by atoms with van der Waals surface area (Å²) in [6, 6.07) is 41.0. The lowest BCUT2D eigenvalue weighted by atomic mass is 10.1. The molecule has 46 heavy (non-hydrogen) atoms. The molecule has 2 heterocycles. The van der Waals surface area contributed by atoms with Gasteiger partial charge in [-0.25, -0.2) is 0 Å². The second kappa shape index (κ2) is 11.7. The second-order valence-electron chi connectivity index (χ2n) is 12.9. The van der Waals surface area contributed by atoms with Gasteiger partial charge in [0.15, 0.2) is 0 Å². The quantitative estimate of drug-likeness (QED) is 0.134. The fraction of sp³-hybridized carbons (Fsp3) is 0.179. The molecule has 0 N–H and O–H groups in total. The Bertz CT molecular complexity index is 1920. The average molecular weight is 641 g/mol. The summed E-state index contributed by atoms with van der Waals surface area (Å²) < 4.78 is 7.12. The van der Waals surface area contributed by atoms with Crippen molar-refractivity contribution in [2.45, 2.75) is 48.8 Å². The highest BCUT2D eigenvalue weighted by molar-refractivity contribution is 7.99. The van der Waals surface area contributed by atoms with E-state index in [1.54, 1.807) is 17.8 Å². The van der Waals surface area contributed by atoms with E-state index in [-0.39, 0.29) is 23.4 Å². The number of nitrogens with zero attached hydrogens (tertiary/aromatic N) is 2. The van der Waals surface area contributed by atoms with Crippen LogP contribution >= 0.6 is 11.8 Å². The van der Waals surface area contributed by atoms with Crippen molar-refractivity contribution >= 4 is 53.6 Å². The number of hydrogen-bond donors (Lipinski definition) is 0. The molecule has 0 atom stereocenters. The number of carbonyl (C=O) groups is 2. The third-order valence-corrected chi connectivity index (χ3v) is 15.3. The van der Waals surface area contributed by atoms with Crippen LogP contribution in [0.25, 0.3) is 0 Å². The summed E-state index contributed by atoms with van der Waals surface area (Å²) in [4.78, 5) is 33.3. The average Bonchev–Trinajstić information content (AvgIpc) is 3.30. The molecule has 0 unspecified atom stereocenters. The number of fused-ring (bicyclic) bond motifs is 3. The topological polar surface area (TPSA) is 49.9 Å². The molecule has 5 aromatic carbocycles. The van der Waals surface area contributed by atoms with Crippen LogP contribution in [-0.4, -0.2) is 32.1 Å². The van der Waals surface area contributed by atoms with Crippen LogP contribution in [0.5, 0.6) is 0 Å². The molecule has 2 aliphatic heterocycles. The molecule has 0 aromatic heterocycles. The molecule has 7 heteroatoms. The van der Waals surface area contributed by atoms with Gasteiger partial charge in [-0.2, -0.15) is 0 Å². The van der Waals surface area contributed by atoms with E-state index in [1.165, 1.54) is 15.3 Å². The van der Waals surface area contributed by atoms with E-state index in [2.05, 4.69) is 99.4 Å². The fourth-order valence-electron chi connectivity index (χ4n) is 6.83. The molecule has 0 spiro atoms. The predicted molar refractivity (Wildman–Crippen MR) is 188 cm³/mol. The monoisotopic (exact) mass is 640 g/mol. The van der Waals surface area contributed by atoms with E-state index < -0.39 is 8.32 Å².